The van der Waals surface area contributed by atoms with Crippen LogP contribution in [-0.4, -0.2) is 72.1 Å². The molecule has 3 aliphatic heterocycles. The molecule has 3 aliphatic rings. The molecule has 0 unspecified atom stereocenters. The molecule has 6 nitrogen and oxygen atoms in total. The topological polar surface area (TPSA) is 46.8 Å². The summed E-state index contributed by atoms with van der Waals surface area (Å²) in [6, 6.07) is 6.49. The third-order valence-corrected chi connectivity index (χ3v) is 4.84. The van der Waals surface area contributed by atoms with Crippen molar-refractivity contribution < 1.29 is 0 Å². The first-order valence-electron chi connectivity index (χ1n) is 8.70. The first-order chi connectivity index (χ1) is 11.7. The molecule has 6 heteroatoms. The maximum absolute atomic E-state index is 4.95. The van der Waals surface area contributed by atoms with E-state index in [1.165, 1.54) is 5.56 Å². The molecule has 0 spiro atoms. The van der Waals surface area contributed by atoms with Crippen LogP contribution in [0.5, 0.6) is 0 Å². The van der Waals surface area contributed by atoms with Crippen molar-refractivity contribution in [1.82, 2.24) is 14.8 Å². The Hall–Kier alpha value is -2.21. The average molecular weight is 324 g/mol. The lowest BCUT2D eigenvalue weighted by molar-refractivity contribution is 0.204. The minimum Gasteiger partial charge on any atom is -0.338 e. The van der Waals surface area contributed by atoms with Gasteiger partial charge in [0.25, 0.3) is 0 Å². The van der Waals surface area contributed by atoms with E-state index in [0.29, 0.717) is 6.54 Å². The molecule has 0 amide bonds. The molecule has 0 bridgehead atoms. The van der Waals surface area contributed by atoms with Crippen molar-refractivity contribution in [1.29, 1.82) is 0 Å². The fraction of sp³-hybridized carbons (Fsp3) is 0.500. The van der Waals surface area contributed by atoms with E-state index in [9.17, 15) is 0 Å². The van der Waals surface area contributed by atoms with Gasteiger partial charge in [-0.05, 0) is 38.1 Å². The monoisotopic (exact) mass is 324 g/mol. The summed E-state index contributed by atoms with van der Waals surface area (Å²) in [5.74, 6) is 1.85. The van der Waals surface area contributed by atoms with Gasteiger partial charge in [-0.2, -0.15) is 10.1 Å². The van der Waals surface area contributed by atoms with Crippen molar-refractivity contribution in [2.45, 2.75) is 20.3 Å². The van der Waals surface area contributed by atoms with Crippen LogP contribution in [0.4, 0.5) is 5.69 Å². The standard InChI is InChI=1S/C18H24N6/c1-4-14-5-6-16-15(11-14)17-19-12-13(2)21-24(17)18(20-16)23-9-7-22(3)8-10-23/h5-6,11H,4,7-10,12H2,1-3H3. The van der Waals surface area contributed by atoms with Crippen LogP contribution in [0.2, 0.25) is 0 Å². The van der Waals surface area contributed by atoms with Crippen LogP contribution < -0.4 is 0 Å². The van der Waals surface area contributed by atoms with E-state index in [4.69, 9.17) is 15.1 Å². The number of hydrogen-bond donors (Lipinski definition) is 0. The quantitative estimate of drug-likeness (QED) is 0.793. The van der Waals surface area contributed by atoms with Crippen molar-refractivity contribution in [3.05, 3.63) is 29.3 Å². The maximum Gasteiger partial charge on any atom is 0.229 e. The number of aryl methyl sites for hydroxylation is 1. The van der Waals surface area contributed by atoms with Gasteiger partial charge in [0.05, 0.1) is 17.9 Å². The molecule has 0 aromatic heterocycles. The summed E-state index contributed by atoms with van der Waals surface area (Å²) in [6.45, 7) is 8.89. The SMILES string of the molecule is CCc1ccc2c(c1)C1=NCC(C)=NN1C(N1CCN(C)CC1)=N2. The number of fused-ring (bicyclic) bond motifs is 3. The maximum atomic E-state index is 4.95. The van der Waals surface area contributed by atoms with Crippen LogP contribution in [0.15, 0.2) is 33.3 Å². The van der Waals surface area contributed by atoms with Gasteiger partial charge >= 0.3 is 0 Å². The number of hydrogen-bond acceptors (Lipinski definition) is 6. The molecule has 1 fully saturated rings. The molecule has 126 valence electrons. The molecule has 1 saturated heterocycles. The Balaban J connectivity index is 1.78. The number of amidine groups is 1. The number of guanidine groups is 1. The summed E-state index contributed by atoms with van der Waals surface area (Å²) >= 11 is 0. The molecule has 1 aromatic rings. The molecule has 0 atom stereocenters. The number of piperazine rings is 1. The highest BCUT2D eigenvalue weighted by Gasteiger charge is 2.33. The largest absolute Gasteiger partial charge is 0.338 e. The van der Waals surface area contributed by atoms with Gasteiger partial charge in [0.15, 0.2) is 5.84 Å². The minimum atomic E-state index is 0.664. The van der Waals surface area contributed by atoms with E-state index < -0.39 is 0 Å². The van der Waals surface area contributed by atoms with Gasteiger partial charge in [-0.3, -0.25) is 4.99 Å². The predicted octanol–water partition coefficient (Wildman–Crippen LogP) is 1.94. The van der Waals surface area contributed by atoms with Crippen LogP contribution in [0, 0.1) is 0 Å². The summed E-state index contributed by atoms with van der Waals surface area (Å²) in [6.07, 6.45) is 1.01. The molecular weight excluding hydrogens is 300 g/mol. The lowest BCUT2D eigenvalue weighted by Crippen LogP contribution is -2.54. The lowest BCUT2D eigenvalue weighted by atomic mass is 10.0. The molecule has 4 rings (SSSR count). The highest BCUT2D eigenvalue weighted by atomic mass is 15.6. The van der Waals surface area contributed by atoms with Crippen LogP contribution in [0.1, 0.15) is 25.0 Å². The Bertz CT molecular complexity index is 740. The molecule has 0 N–H and O–H groups in total. The number of likely N-dealkylation sites (N-methyl/N-ethyl adjacent to an activating group) is 1. The molecular formula is C18H24N6. The summed E-state index contributed by atoms with van der Waals surface area (Å²) < 4.78 is 0. The Morgan fingerprint density at radius 1 is 1.12 bits per heavy atom. The first-order valence-corrected chi connectivity index (χ1v) is 8.70. The van der Waals surface area contributed by atoms with E-state index in [1.54, 1.807) is 0 Å². The zero-order valence-electron chi connectivity index (χ0n) is 14.7. The van der Waals surface area contributed by atoms with Gasteiger partial charge in [-0.1, -0.05) is 13.0 Å². The Morgan fingerprint density at radius 3 is 2.67 bits per heavy atom. The van der Waals surface area contributed by atoms with Gasteiger partial charge in [0, 0.05) is 31.7 Å². The number of benzene rings is 1. The van der Waals surface area contributed by atoms with E-state index >= 15 is 0 Å². The Morgan fingerprint density at radius 2 is 1.92 bits per heavy atom. The number of hydrazone groups is 1. The summed E-state index contributed by atoms with van der Waals surface area (Å²) in [5, 5.41) is 6.72. The van der Waals surface area contributed by atoms with Crippen LogP contribution in [0.3, 0.4) is 0 Å². The number of rotatable bonds is 1. The van der Waals surface area contributed by atoms with Gasteiger partial charge in [-0.15, -0.1) is 0 Å². The number of nitrogens with zero attached hydrogens (tertiary/aromatic N) is 6. The van der Waals surface area contributed by atoms with Crippen molar-refractivity contribution in [2.75, 3.05) is 39.8 Å². The smallest absolute Gasteiger partial charge is 0.229 e. The van der Waals surface area contributed by atoms with Gasteiger partial charge in [-0.25, -0.2) is 4.99 Å². The molecule has 0 radical (unpaired) electrons. The van der Waals surface area contributed by atoms with E-state index in [0.717, 1.165) is 61.4 Å². The predicted molar refractivity (Wildman–Crippen MR) is 98.3 cm³/mol. The zero-order valence-corrected chi connectivity index (χ0v) is 14.7. The van der Waals surface area contributed by atoms with E-state index in [2.05, 4.69) is 42.0 Å². The minimum absolute atomic E-state index is 0.664. The lowest BCUT2D eigenvalue weighted by Gasteiger charge is -2.40. The van der Waals surface area contributed by atoms with Gasteiger partial charge < -0.3 is 9.80 Å². The molecule has 0 aliphatic carbocycles. The third-order valence-electron chi connectivity index (χ3n) is 4.84. The second-order valence-corrected chi connectivity index (χ2v) is 6.69. The summed E-state index contributed by atoms with van der Waals surface area (Å²) in [4.78, 5) is 14.4. The summed E-state index contributed by atoms with van der Waals surface area (Å²) in [5.41, 5.74) is 4.44. The van der Waals surface area contributed by atoms with Gasteiger partial charge in [0.1, 0.15) is 0 Å². The molecule has 24 heavy (non-hydrogen) atoms. The Labute approximate surface area is 143 Å². The summed E-state index contributed by atoms with van der Waals surface area (Å²) in [7, 11) is 2.16. The second kappa shape index (κ2) is 6.02. The zero-order chi connectivity index (χ0) is 16.7. The normalized spacial score (nSPS) is 20.9. The van der Waals surface area contributed by atoms with Crippen molar-refractivity contribution in [3.8, 4) is 0 Å². The van der Waals surface area contributed by atoms with Crippen molar-refractivity contribution in [3.63, 3.8) is 0 Å². The Kier molecular flexibility index (Phi) is 3.84. The molecule has 0 saturated carbocycles. The first kappa shape index (κ1) is 15.3. The molecule has 1 aromatic carbocycles. The van der Waals surface area contributed by atoms with Crippen LogP contribution in [0.25, 0.3) is 0 Å². The van der Waals surface area contributed by atoms with Crippen molar-refractivity contribution >= 4 is 23.2 Å². The van der Waals surface area contributed by atoms with Crippen LogP contribution >= 0.6 is 0 Å². The second-order valence-electron chi connectivity index (χ2n) is 6.69. The average Bonchev–Trinajstić information content (AvgIpc) is 2.61. The molecule has 3 heterocycles. The fourth-order valence-corrected chi connectivity index (χ4v) is 3.29. The van der Waals surface area contributed by atoms with Crippen molar-refractivity contribution in [2.24, 2.45) is 15.1 Å². The van der Waals surface area contributed by atoms with Gasteiger partial charge in [0.2, 0.25) is 5.96 Å². The third kappa shape index (κ3) is 2.60. The highest BCUT2D eigenvalue weighted by molar-refractivity contribution is 6.16. The van der Waals surface area contributed by atoms with Crippen LogP contribution in [-0.2, 0) is 6.42 Å². The van der Waals surface area contributed by atoms with E-state index in [-0.39, 0.29) is 0 Å². The van der Waals surface area contributed by atoms with E-state index in [1.807, 2.05) is 11.9 Å². The highest BCUT2D eigenvalue weighted by Crippen LogP contribution is 2.30. The fourth-order valence-electron chi connectivity index (χ4n) is 3.29. The number of aliphatic imine (C=N–C) groups is 2.